The van der Waals surface area contributed by atoms with E-state index >= 15 is 0 Å². The highest BCUT2D eigenvalue weighted by Crippen LogP contribution is 2.35. The van der Waals surface area contributed by atoms with Gasteiger partial charge in [0.15, 0.2) is 11.5 Å². The lowest BCUT2D eigenvalue weighted by molar-refractivity contribution is -0.460. The Morgan fingerprint density at radius 2 is 2.00 bits per heavy atom. The van der Waals surface area contributed by atoms with Crippen LogP contribution in [-0.4, -0.2) is 32.3 Å². The van der Waals surface area contributed by atoms with E-state index in [-0.39, 0.29) is 33.4 Å². The number of alkyl halides is 3. The molecule has 3 aromatic rings. The molecule has 1 atom stereocenters. The van der Waals surface area contributed by atoms with Crippen LogP contribution < -0.4 is 10.9 Å². The average molecular weight is 492 g/mol. The standard InChI is InChI=1S/C23H15ClF4N4O2/c24-16-8-18(17(25)7-14(16)11-1-4-20(29-9-11)23(26,27)28)31-22(34)32-13-2-3-19(32)15-10-30-21(33)6-12(15)5-13/h1,4,6-10,13H,2-3,5H2,(H,31,34)/p+1/t13-/m0/s1. The van der Waals surface area contributed by atoms with Gasteiger partial charge in [-0.05, 0) is 24.1 Å². The third-order valence-electron chi connectivity index (χ3n) is 6.03. The SMILES string of the molecule is O=C(Nc1cc(Cl)c(-c2ccc(C(F)(F)F)nc2)cc1F)[N+]1=C2CC[C@H]1Cc1cc(=O)[nH]cc12. The van der Waals surface area contributed by atoms with E-state index in [9.17, 15) is 27.2 Å². The highest BCUT2D eigenvalue weighted by molar-refractivity contribution is 6.33. The normalized spacial score (nSPS) is 17.0. The number of rotatable bonds is 2. The monoisotopic (exact) mass is 491 g/mol. The van der Waals surface area contributed by atoms with Gasteiger partial charge >= 0.3 is 12.2 Å². The summed E-state index contributed by atoms with van der Waals surface area (Å²) in [5.41, 5.74) is 1.30. The number of hydrogen-bond acceptors (Lipinski definition) is 3. The van der Waals surface area contributed by atoms with Crippen LogP contribution in [0.3, 0.4) is 0 Å². The zero-order valence-corrected chi connectivity index (χ0v) is 18.1. The molecule has 0 spiro atoms. The largest absolute Gasteiger partial charge is 0.496 e. The summed E-state index contributed by atoms with van der Waals surface area (Å²) < 4.78 is 54.7. The third-order valence-corrected chi connectivity index (χ3v) is 6.34. The Balaban J connectivity index is 1.43. The van der Waals surface area contributed by atoms with Crippen LogP contribution in [0, 0.1) is 5.82 Å². The second kappa shape index (κ2) is 8.05. The molecule has 2 aliphatic heterocycles. The summed E-state index contributed by atoms with van der Waals surface area (Å²) in [6.07, 6.45) is -0.178. The summed E-state index contributed by atoms with van der Waals surface area (Å²) in [5, 5.41) is 2.58. The topological polar surface area (TPSA) is 77.9 Å². The Morgan fingerprint density at radius 3 is 2.71 bits per heavy atom. The number of pyridine rings is 2. The van der Waals surface area contributed by atoms with Gasteiger partial charge in [-0.3, -0.25) is 9.78 Å². The maximum absolute atomic E-state index is 14.9. The first kappa shape index (κ1) is 22.3. The summed E-state index contributed by atoms with van der Waals surface area (Å²) in [4.78, 5) is 30.7. The number of amides is 2. The van der Waals surface area contributed by atoms with Crippen molar-refractivity contribution >= 4 is 29.0 Å². The predicted octanol–water partition coefficient (Wildman–Crippen LogP) is 5.00. The number of carbonyl (C=O) groups is 1. The Kier molecular flexibility index (Phi) is 5.27. The summed E-state index contributed by atoms with van der Waals surface area (Å²) in [6.45, 7) is 0. The summed E-state index contributed by atoms with van der Waals surface area (Å²) in [6, 6.07) is 5.03. The van der Waals surface area contributed by atoms with Gasteiger partial charge in [0.05, 0.1) is 5.02 Å². The van der Waals surface area contributed by atoms with Gasteiger partial charge in [-0.25, -0.2) is 9.71 Å². The second-order valence-electron chi connectivity index (χ2n) is 8.12. The zero-order valence-electron chi connectivity index (χ0n) is 17.3. The lowest BCUT2D eigenvalue weighted by Gasteiger charge is -2.19. The van der Waals surface area contributed by atoms with Crippen molar-refractivity contribution in [3.05, 3.63) is 80.7 Å². The summed E-state index contributed by atoms with van der Waals surface area (Å²) in [5.74, 6) is -0.799. The van der Waals surface area contributed by atoms with Crippen molar-refractivity contribution in [2.75, 3.05) is 5.32 Å². The summed E-state index contributed by atoms with van der Waals surface area (Å²) >= 11 is 6.27. The van der Waals surface area contributed by atoms with Crippen LogP contribution in [0.15, 0.2) is 47.5 Å². The van der Waals surface area contributed by atoms with Crippen LogP contribution in [-0.2, 0) is 12.6 Å². The van der Waals surface area contributed by atoms with Crippen LogP contribution in [0.2, 0.25) is 5.02 Å². The molecule has 0 fully saturated rings. The van der Waals surface area contributed by atoms with Crippen LogP contribution in [0.25, 0.3) is 11.1 Å². The van der Waals surface area contributed by atoms with Crippen LogP contribution in [0.1, 0.15) is 29.7 Å². The number of halogens is 5. The van der Waals surface area contributed by atoms with Crippen molar-refractivity contribution in [1.29, 1.82) is 0 Å². The minimum atomic E-state index is -4.59. The van der Waals surface area contributed by atoms with Gasteiger partial charge in [0, 0.05) is 54.1 Å². The molecule has 0 unspecified atom stereocenters. The Morgan fingerprint density at radius 1 is 1.21 bits per heavy atom. The smallest absolute Gasteiger partial charge is 0.328 e. The molecule has 174 valence electrons. The minimum absolute atomic E-state index is 0.0375. The number of hydrogen-bond donors (Lipinski definition) is 2. The van der Waals surface area contributed by atoms with E-state index in [0.717, 1.165) is 41.2 Å². The van der Waals surface area contributed by atoms with Crippen molar-refractivity contribution < 1.29 is 26.9 Å². The van der Waals surface area contributed by atoms with E-state index in [0.29, 0.717) is 19.3 Å². The van der Waals surface area contributed by atoms with Crippen molar-refractivity contribution in [2.45, 2.75) is 31.5 Å². The highest BCUT2D eigenvalue weighted by Gasteiger charge is 2.41. The molecule has 0 radical (unpaired) electrons. The van der Waals surface area contributed by atoms with E-state index in [1.165, 1.54) is 12.1 Å². The Labute approximate surface area is 194 Å². The molecule has 6 nitrogen and oxygen atoms in total. The molecule has 2 aliphatic rings. The maximum atomic E-state index is 14.9. The fourth-order valence-corrected chi connectivity index (χ4v) is 4.76. The molecular formula is C23H16ClF4N4O2+. The van der Waals surface area contributed by atoms with E-state index < -0.39 is 23.7 Å². The first-order valence-corrected chi connectivity index (χ1v) is 10.7. The molecule has 2 aromatic heterocycles. The number of nitrogens with one attached hydrogen (secondary N) is 2. The Hall–Kier alpha value is -3.53. The van der Waals surface area contributed by atoms with Gasteiger partial charge in [-0.1, -0.05) is 17.7 Å². The van der Waals surface area contributed by atoms with Crippen molar-refractivity contribution in [1.82, 2.24) is 9.97 Å². The molecule has 0 aliphatic carbocycles. The Bertz CT molecular complexity index is 1410. The van der Waals surface area contributed by atoms with Gasteiger partial charge in [-0.15, -0.1) is 0 Å². The van der Waals surface area contributed by atoms with Crippen LogP contribution in [0.4, 0.5) is 28.0 Å². The lowest BCUT2D eigenvalue weighted by atomic mass is 9.99. The number of nitrogens with zero attached hydrogens (tertiary/aromatic N) is 2. The molecule has 1 aromatic carbocycles. The molecule has 11 heteroatoms. The van der Waals surface area contributed by atoms with E-state index in [2.05, 4.69) is 15.3 Å². The van der Waals surface area contributed by atoms with Gasteiger partial charge in [0.1, 0.15) is 17.4 Å². The van der Waals surface area contributed by atoms with Crippen molar-refractivity contribution in [3.63, 3.8) is 0 Å². The quantitative estimate of drug-likeness (QED) is 0.391. The van der Waals surface area contributed by atoms with Crippen molar-refractivity contribution in [3.8, 4) is 11.1 Å². The van der Waals surface area contributed by atoms with E-state index in [4.69, 9.17) is 11.6 Å². The predicted molar refractivity (Wildman–Crippen MR) is 117 cm³/mol. The third kappa shape index (κ3) is 3.87. The molecule has 2 bridgehead atoms. The minimum Gasteiger partial charge on any atom is -0.328 e. The lowest BCUT2D eigenvalue weighted by Crippen LogP contribution is -2.39. The number of urea groups is 1. The van der Waals surface area contributed by atoms with Gasteiger partial charge in [0.25, 0.3) is 0 Å². The fraction of sp³-hybridized carbons (Fsp3) is 0.217. The molecule has 4 heterocycles. The number of carbonyl (C=O) groups excluding carboxylic acids is 1. The van der Waals surface area contributed by atoms with Gasteiger partial charge in [0.2, 0.25) is 5.56 Å². The summed E-state index contributed by atoms with van der Waals surface area (Å²) in [7, 11) is 0. The molecule has 0 saturated carbocycles. The zero-order chi connectivity index (χ0) is 24.2. The molecule has 2 amide bonds. The van der Waals surface area contributed by atoms with Crippen LogP contribution >= 0.6 is 11.6 Å². The number of H-pyrrole nitrogens is 1. The highest BCUT2D eigenvalue weighted by atomic mass is 35.5. The van der Waals surface area contributed by atoms with Crippen molar-refractivity contribution in [2.24, 2.45) is 0 Å². The van der Waals surface area contributed by atoms with Gasteiger partial charge < -0.3 is 4.98 Å². The number of aromatic amines is 1. The van der Waals surface area contributed by atoms with E-state index in [1.807, 2.05) is 0 Å². The number of fused-ring (bicyclic) bond motifs is 3. The molecule has 34 heavy (non-hydrogen) atoms. The molecular weight excluding hydrogens is 476 g/mol. The fourth-order valence-electron chi connectivity index (χ4n) is 4.48. The van der Waals surface area contributed by atoms with Crippen LogP contribution in [0.5, 0.6) is 0 Å². The molecule has 2 N–H and O–H groups in total. The first-order chi connectivity index (χ1) is 16.1. The molecule has 5 rings (SSSR count). The second-order valence-corrected chi connectivity index (χ2v) is 8.53. The molecule has 0 saturated heterocycles. The number of benzene rings is 1. The van der Waals surface area contributed by atoms with E-state index in [1.54, 1.807) is 10.8 Å². The van der Waals surface area contributed by atoms with Gasteiger partial charge in [-0.2, -0.15) is 22.5 Å². The number of aromatic nitrogens is 2. The number of anilines is 1. The average Bonchev–Trinajstić information content (AvgIpc) is 3.10. The first-order valence-electron chi connectivity index (χ1n) is 10.3. The maximum Gasteiger partial charge on any atom is 0.496 e.